The summed E-state index contributed by atoms with van der Waals surface area (Å²) in [6.45, 7) is 5.89. The maximum absolute atomic E-state index is 13.7. The number of hydrogen-bond acceptors (Lipinski definition) is 7. The molecule has 2 aromatic rings. The number of hydrogen-bond donors (Lipinski definition) is 1. The fourth-order valence-electron chi connectivity index (χ4n) is 4.92. The van der Waals surface area contributed by atoms with Gasteiger partial charge in [0.05, 0.1) is 30.1 Å². The van der Waals surface area contributed by atoms with Crippen molar-refractivity contribution in [1.29, 1.82) is 0 Å². The first-order chi connectivity index (χ1) is 17.2. The first-order valence-electron chi connectivity index (χ1n) is 12.0. The second-order valence-electron chi connectivity index (χ2n) is 9.64. The fraction of sp³-hybridized carbons (Fsp3) is 0.357. The van der Waals surface area contributed by atoms with Gasteiger partial charge in [0, 0.05) is 41.8 Å². The van der Waals surface area contributed by atoms with Crippen molar-refractivity contribution in [3.05, 3.63) is 92.8 Å². The Morgan fingerprint density at radius 3 is 2.50 bits per heavy atom. The molecule has 3 atom stereocenters. The molecule has 0 saturated heterocycles. The van der Waals surface area contributed by atoms with Gasteiger partial charge in [-0.25, -0.2) is 4.79 Å². The van der Waals surface area contributed by atoms with Gasteiger partial charge in [0.2, 0.25) is 0 Å². The predicted molar refractivity (Wildman–Crippen MR) is 134 cm³/mol. The average molecular weight is 491 g/mol. The van der Waals surface area contributed by atoms with Gasteiger partial charge < -0.3 is 14.8 Å². The molecule has 188 valence electrons. The fourth-order valence-corrected chi connectivity index (χ4v) is 4.92. The summed E-state index contributed by atoms with van der Waals surface area (Å²) in [5.41, 5.74) is 3.02. The van der Waals surface area contributed by atoms with Crippen LogP contribution in [0.15, 0.2) is 71.6 Å². The van der Waals surface area contributed by atoms with Crippen LogP contribution in [0, 0.1) is 22.0 Å². The number of ether oxygens (including phenoxy) is 2. The van der Waals surface area contributed by atoms with Crippen LogP contribution in [0.4, 0.5) is 5.69 Å². The third-order valence-electron chi connectivity index (χ3n) is 6.62. The van der Waals surface area contributed by atoms with E-state index in [0.29, 0.717) is 22.5 Å². The van der Waals surface area contributed by atoms with Gasteiger partial charge in [-0.15, -0.1) is 0 Å². The molecular weight excluding hydrogens is 460 g/mol. The van der Waals surface area contributed by atoms with Crippen molar-refractivity contribution < 1.29 is 24.0 Å². The number of nitro benzene ring substituents is 1. The zero-order valence-electron chi connectivity index (χ0n) is 20.8. The van der Waals surface area contributed by atoms with E-state index in [1.165, 1.54) is 12.1 Å². The van der Waals surface area contributed by atoms with Gasteiger partial charge in [-0.2, -0.15) is 0 Å². The van der Waals surface area contributed by atoms with Crippen LogP contribution in [-0.2, 0) is 14.3 Å². The molecule has 36 heavy (non-hydrogen) atoms. The molecule has 2 aromatic carbocycles. The Morgan fingerprint density at radius 2 is 1.86 bits per heavy atom. The summed E-state index contributed by atoms with van der Waals surface area (Å²) in [5.74, 6) is -1.20. The number of Topliss-reactive ketones (excluding diaryl/α,β-unsaturated/α-hetero) is 1. The summed E-state index contributed by atoms with van der Waals surface area (Å²) < 4.78 is 10.8. The van der Waals surface area contributed by atoms with Crippen molar-refractivity contribution in [3.63, 3.8) is 0 Å². The van der Waals surface area contributed by atoms with Crippen molar-refractivity contribution in [2.75, 3.05) is 13.7 Å². The molecule has 1 aliphatic carbocycles. The first kappa shape index (κ1) is 25.2. The minimum absolute atomic E-state index is 0.0426. The second-order valence-corrected chi connectivity index (χ2v) is 9.64. The molecular formula is C28H30N2O6. The zero-order chi connectivity index (χ0) is 26.0. The van der Waals surface area contributed by atoms with Crippen LogP contribution < -0.4 is 10.1 Å². The lowest BCUT2D eigenvalue weighted by Crippen LogP contribution is -2.42. The minimum Gasteiger partial charge on any atom is -0.497 e. The lowest BCUT2D eigenvalue weighted by molar-refractivity contribution is -0.384. The monoisotopic (exact) mass is 490 g/mol. The molecule has 0 spiro atoms. The highest BCUT2D eigenvalue weighted by Gasteiger charge is 2.45. The Morgan fingerprint density at radius 1 is 1.14 bits per heavy atom. The number of allylic oxidation sites excluding steroid dienone is 3. The van der Waals surface area contributed by atoms with Crippen LogP contribution in [-0.4, -0.2) is 30.4 Å². The number of rotatable bonds is 7. The number of nitro groups is 1. The summed E-state index contributed by atoms with van der Waals surface area (Å²) in [7, 11) is 1.60. The number of benzene rings is 2. The Balaban J connectivity index is 1.80. The normalized spacial score (nSPS) is 21.4. The van der Waals surface area contributed by atoms with E-state index in [-0.39, 0.29) is 36.3 Å². The van der Waals surface area contributed by atoms with Crippen molar-refractivity contribution in [2.45, 2.75) is 39.0 Å². The maximum Gasteiger partial charge on any atom is 0.336 e. The number of fused-ring (bicyclic) bond motifs is 1. The van der Waals surface area contributed by atoms with Gasteiger partial charge in [0.25, 0.3) is 5.69 Å². The Hall–Kier alpha value is -3.94. The molecule has 8 heteroatoms. The quantitative estimate of drug-likeness (QED) is 0.330. The third kappa shape index (κ3) is 5.03. The van der Waals surface area contributed by atoms with Gasteiger partial charge in [0.15, 0.2) is 0 Å². The summed E-state index contributed by atoms with van der Waals surface area (Å²) >= 11 is 0. The first-order valence-corrected chi connectivity index (χ1v) is 12.0. The Labute approximate surface area is 210 Å². The second kappa shape index (κ2) is 10.4. The molecule has 1 N–H and O–H groups in total. The van der Waals surface area contributed by atoms with Gasteiger partial charge >= 0.3 is 5.97 Å². The van der Waals surface area contributed by atoms with E-state index >= 15 is 0 Å². The van der Waals surface area contributed by atoms with Gasteiger partial charge in [-0.05, 0) is 36.1 Å². The molecule has 0 radical (unpaired) electrons. The van der Waals surface area contributed by atoms with Crippen molar-refractivity contribution >= 4 is 17.4 Å². The molecule has 1 aliphatic heterocycles. The molecule has 0 aromatic heterocycles. The highest BCUT2D eigenvalue weighted by molar-refractivity contribution is 5.96. The molecule has 1 heterocycles. The number of non-ortho nitro benzene ring substituents is 1. The highest BCUT2D eigenvalue weighted by Crippen LogP contribution is 2.46. The maximum atomic E-state index is 13.7. The van der Waals surface area contributed by atoms with Crippen LogP contribution in [0.2, 0.25) is 0 Å². The van der Waals surface area contributed by atoms with Gasteiger partial charge in [-0.3, -0.25) is 14.9 Å². The van der Waals surface area contributed by atoms with Crippen molar-refractivity contribution in [2.24, 2.45) is 11.8 Å². The van der Waals surface area contributed by atoms with Crippen LogP contribution in [0.5, 0.6) is 5.75 Å². The largest absolute Gasteiger partial charge is 0.497 e. The van der Waals surface area contributed by atoms with E-state index in [2.05, 4.69) is 5.32 Å². The molecule has 0 amide bonds. The summed E-state index contributed by atoms with van der Waals surface area (Å²) in [6.07, 6.45) is 2.28. The molecule has 0 fully saturated rings. The molecule has 0 saturated carbocycles. The molecule has 3 unspecified atom stereocenters. The number of nitrogens with one attached hydrogen (secondary N) is 1. The van der Waals surface area contributed by atoms with E-state index in [1.807, 2.05) is 44.2 Å². The molecule has 2 aliphatic rings. The lowest BCUT2D eigenvalue weighted by Gasteiger charge is -2.39. The van der Waals surface area contributed by atoms with Crippen molar-refractivity contribution in [3.8, 4) is 5.75 Å². The average Bonchev–Trinajstić information content (AvgIpc) is 2.86. The topological polar surface area (TPSA) is 108 Å². The molecule has 8 nitrogen and oxygen atoms in total. The summed E-state index contributed by atoms with van der Waals surface area (Å²) in [5, 5.41) is 14.8. The van der Waals surface area contributed by atoms with Crippen molar-refractivity contribution in [1.82, 2.24) is 5.32 Å². The van der Waals surface area contributed by atoms with E-state index in [1.54, 1.807) is 26.2 Å². The van der Waals surface area contributed by atoms with Crippen LogP contribution in [0.3, 0.4) is 0 Å². The van der Waals surface area contributed by atoms with Gasteiger partial charge in [-0.1, -0.05) is 44.2 Å². The number of ketones is 1. The van der Waals surface area contributed by atoms with Crippen LogP contribution in [0.1, 0.15) is 50.2 Å². The van der Waals surface area contributed by atoms with Crippen LogP contribution >= 0.6 is 0 Å². The third-order valence-corrected chi connectivity index (χ3v) is 6.62. The smallest absolute Gasteiger partial charge is 0.336 e. The molecule has 4 rings (SSSR count). The summed E-state index contributed by atoms with van der Waals surface area (Å²) in [4.78, 5) is 37.9. The number of carbonyl (C=O) groups excluding carboxylic acids is 2. The van der Waals surface area contributed by atoms with E-state index in [4.69, 9.17) is 9.47 Å². The minimum atomic E-state index is -0.693. The van der Waals surface area contributed by atoms with E-state index < -0.39 is 22.7 Å². The number of nitrogens with zero attached hydrogens (tertiary/aromatic N) is 1. The Bertz CT molecular complexity index is 1240. The van der Waals surface area contributed by atoms with E-state index in [9.17, 15) is 19.7 Å². The van der Waals surface area contributed by atoms with Crippen LogP contribution in [0.25, 0.3) is 0 Å². The number of methoxy groups -OCH3 is 1. The van der Waals surface area contributed by atoms with E-state index in [0.717, 1.165) is 11.3 Å². The highest BCUT2D eigenvalue weighted by atomic mass is 16.6. The SMILES string of the molecule is COc1ccc(C2C=C3NC(C)=C(C(=O)OCC(C)C)C(c4cccc([N+](=O)[O-])c4)C3C(=O)C2)cc1. The Kier molecular flexibility index (Phi) is 7.24. The number of carbonyl (C=O) groups is 2. The summed E-state index contributed by atoms with van der Waals surface area (Å²) in [6, 6.07) is 13.7. The zero-order valence-corrected chi connectivity index (χ0v) is 20.8. The molecule has 0 bridgehead atoms. The predicted octanol–water partition coefficient (Wildman–Crippen LogP) is 5.02. The van der Waals surface area contributed by atoms with Gasteiger partial charge in [0.1, 0.15) is 11.5 Å². The lowest BCUT2D eigenvalue weighted by atomic mass is 9.68. The number of esters is 1. The standard InChI is InChI=1S/C28H30N2O6/c1-16(2)15-36-28(32)25-17(3)29-23-13-20(18-8-10-22(35-4)11-9-18)14-24(31)27(23)26(25)19-6-5-7-21(12-19)30(33)34/h5-13,16,20,26-27,29H,14-15H2,1-4H3.